The van der Waals surface area contributed by atoms with Crippen molar-refractivity contribution in [3.63, 3.8) is 0 Å². The highest BCUT2D eigenvalue weighted by molar-refractivity contribution is 7.73. The molecule has 0 atom stereocenters. The molecule has 0 saturated heterocycles. The molecule has 0 N–H and O–H groups in total. The van der Waals surface area contributed by atoms with Crippen LogP contribution in [0, 0.1) is 6.92 Å². The molecule has 2 saturated carbocycles. The van der Waals surface area contributed by atoms with E-state index >= 15 is 0 Å². The summed E-state index contributed by atoms with van der Waals surface area (Å²) in [5.74, 6) is 0.640. The number of oxazole rings is 1. The van der Waals surface area contributed by atoms with Gasteiger partial charge in [0.15, 0.2) is 5.89 Å². The van der Waals surface area contributed by atoms with Crippen molar-refractivity contribution in [2.75, 3.05) is 0 Å². The number of aromatic nitrogens is 1. The molecular weight excluding hydrogens is 197 g/mol. The zero-order valence-corrected chi connectivity index (χ0v) is 9.17. The third-order valence-electron chi connectivity index (χ3n) is 3.14. The van der Waals surface area contributed by atoms with Crippen molar-refractivity contribution in [1.29, 1.82) is 0 Å². The van der Waals surface area contributed by atoms with E-state index in [1.807, 2.05) is 6.92 Å². The minimum absolute atomic E-state index is 0.430. The lowest BCUT2D eigenvalue weighted by Crippen LogP contribution is -2.13. The van der Waals surface area contributed by atoms with Crippen molar-refractivity contribution >= 4 is 12.6 Å². The summed E-state index contributed by atoms with van der Waals surface area (Å²) >= 11 is 0. The van der Waals surface area contributed by atoms with Crippen LogP contribution >= 0.6 is 7.14 Å². The molecule has 2 fully saturated rings. The van der Waals surface area contributed by atoms with E-state index in [-0.39, 0.29) is 0 Å². The van der Waals surface area contributed by atoms with Gasteiger partial charge in [-0.1, -0.05) is 0 Å². The Hall–Kier alpha value is -0.560. The quantitative estimate of drug-likeness (QED) is 0.720. The normalized spacial score (nSPS) is 22.6. The third kappa shape index (κ3) is 1.18. The second-order valence-corrected chi connectivity index (χ2v) is 7.73. The van der Waals surface area contributed by atoms with Gasteiger partial charge < -0.3 is 8.98 Å². The first-order valence-corrected chi connectivity index (χ1v) is 7.08. The monoisotopic (exact) mass is 211 g/mol. The van der Waals surface area contributed by atoms with Crippen molar-refractivity contribution in [3.05, 3.63) is 12.2 Å². The van der Waals surface area contributed by atoms with Crippen LogP contribution in [0.5, 0.6) is 0 Å². The second kappa shape index (κ2) is 2.73. The Bertz CT molecular complexity index is 388. The van der Waals surface area contributed by atoms with Gasteiger partial charge in [0, 0.05) is 18.2 Å². The van der Waals surface area contributed by atoms with Crippen molar-refractivity contribution in [2.45, 2.75) is 43.9 Å². The second-order valence-electron chi connectivity index (χ2n) is 4.40. The standard InChI is InChI=1S/C10H14NO2P/c1-7-11-10(6-13-7)14(12,8-2-3-8)9-4-5-9/h6,8-9H,2-5H2,1H3. The summed E-state index contributed by atoms with van der Waals surface area (Å²) in [5, 5.41) is 0. The van der Waals surface area contributed by atoms with Gasteiger partial charge in [-0.15, -0.1) is 0 Å². The molecule has 0 radical (unpaired) electrons. The molecule has 0 amide bonds. The molecule has 1 heterocycles. The summed E-state index contributed by atoms with van der Waals surface area (Å²) in [5.41, 5.74) is 1.62. The zero-order chi connectivity index (χ0) is 9.76. The van der Waals surface area contributed by atoms with Gasteiger partial charge in [-0.05, 0) is 25.7 Å². The lowest BCUT2D eigenvalue weighted by atomic mass is 10.8. The van der Waals surface area contributed by atoms with Crippen LogP contribution in [0.1, 0.15) is 31.6 Å². The topological polar surface area (TPSA) is 43.1 Å². The molecule has 0 aromatic carbocycles. The van der Waals surface area contributed by atoms with E-state index in [0.29, 0.717) is 17.2 Å². The minimum Gasteiger partial charge on any atom is -0.448 e. The van der Waals surface area contributed by atoms with Crippen molar-refractivity contribution in [3.8, 4) is 0 Å². The average Bonchev–Trinajstić information content (AvgIpc) is 3.01. The van der Waals surface area contributed by atoms with Gasteiger partial charge in [-0.25, -0.2) is 4.98 Å². The summed E-state index contributed by atoms with van der Waals surface area (Å²) in [7, 11) is -2.18. The molecule has 14 heavy (non-hydrogen) atoms. The number of nitrogens with zero attached hydrogens (tertiary/aromatic N) is 1. The Morgan fingerprint density at radius 1 is 1.36 bits per heavy atom. The van der Waals surface area contributed by atoms with E-state index in [1.165, 1.54) is 0 Å². The van der Waals surface area contributed by atoms with E-state index in [2.05, 4.69) is 4.98 Å². The SMILES string of the molecule is Cc1nc(P(=O)(C2CC2)C2CC2)co1. The maximum absolute atomic E-state index is 12.8. The first-order valence-electron chi connectivity index (χ1n) is 5.23. The molecule has 0 aliphatic heterocycles. The van der Waals surface area contributed by atoms with Crippen LogP contribution in [-0.2, 0) is 4.57 Å². The Morgan fingerprint density at radius 2 is 1.93 bits per heavy atom. The average molecular weight is 211 g/mol. The maximum atomic E-state index is 12.8. The van der Waals surface area contributed by atoms with Gasteiger partial charge in [0.25, 0.3) is 0 Å². The molecule has 1 aromatic rings. The maximum Gasteiger partial charge on any atom is 0.191 e. The fourth-order valence-electron chi connectivity index (χ4n) is 2.10. The van der Waals surface area contributed by atoms with E-state index in [0.717, 1.165) is 31.1 Å². The summed E-state index contributed by atoms with van der Waals surface area (Å²) in [4.78, 5) is 4.28. The highest BCUT2D eigenvalue weighted by Crippen LogP contribution is 2.69. The van der Waals surface area contributed by atoms with Crippen molar-refractivity contribution in [1.82, 2.24) is 4.98 Å². The molecule has 76 valence electrons. The molecule has 2 aliphatic rings. The van der Waals surface area contributed by atoms with Crippen LogP contribution in [0.15, 0.2) is 10.7 Å². The van der Waals surface area contributed by atoms with Crippen LogP contribution in [-0.4, -0.2) is 16.3 Å². The van der Waals surface area contributed by atoms with Gasteiger partial charge in [0.05, 0.1) is 0 Å². The molecule has 0 bridgehead atoms. The lowest BCUT2D eigenvalue weighted by Gasteiger charge is -2.12. The van der Waals surface area contributed by atoms with Crippen LogP contribution in [0.2, 0.25) is 0 Å². The summed E-state index contributed by atoms with van der Waals surface area (Å²) < 4.78 is 18.0. The smallest absolute Gasteiger partial charge is 0.191 e. The van der Waals surface area contributed by atoms with E-state index in [1.54, 1.807) is 6.26 Å². The third-order valence-corrected chi connectivity index (χ3v) is 7.27. The minimum atomic E-state index is -2.18. The molecule has 0 unspecified atom stereocenters. The fraction of sp³-hybridized carbons (Fsp3) is 0.700. The van der Waals surface area contributed by atoms with Gasteiger partial charge in [0.2, 0.25) is 0 Å². The van der Waals surface area contributed by atoms with Crippen molar-refractivity contribution < 1.29 is 8.98 Å². The number of rotatable bonds is 3. The Morgan fingerprint density at radius 3 is 2.29 bits per heavy atom. The van der Waals surface area contributed by atoms with Crippen LogP contribution in [0.3, 0.4) is 0 Å². The Balaban J connectivity index is 2.02. The van der Waals surface area contributed by atoms with Crippen molar-refractivity contribution in [2.24, 2.45) is 0 Å². The first kappa shape index (κ1) is 8.72. The highest BCUT2D eigenvalue weighted by Gasteiger charge is 2.53. The summed E-state index contributed by atoms with van der Waals surface area (Å²) in [6.45, 7) is 1.81. The van der Waals surface area contributed by atoms with Crippen LogP contribution < -0.4 is 5.44 Å². The Labute approximate surface area is 83.3 Å². The predicted molar refractivity (Wildman–Crippen MR) is 54.5 cm³/mol. The summed E-state index contributed by atoms with van der Waals surface area (Å²) in [6, 6.07) is 0. The van der Waals surface area contributed by atoms with Gasteiger partial charge in [0.1, 0.15) is 18.8 Å². The molecule has 4 heteroatoms. The van der Waals surface area contributed by atoms with E-state index in [9.17, 15) is 4.57 Å². The van der Waals surface area contributed by atoms with Crippen LogP contribution in [0.25, 0.3) is 0 Å². The molecule has 1 aromatic heterocycles. The molecular formula is C10H14NO2P. The molecule has 3 nitrogen and oxygen atoms in total. The fourth-order valence-corrected chi connectivity index (χ4v) is 5.79. The molecule has 3 rings (SSSR count). The molecule has 0 spiro atoms. The Kier molecular flexibility index (Phi) is 1.70. The number of hydrogen-bond donors (Lipinski definition) is 0. The zero-order valence-electron chi connectivity index (χ0n) is 8.27. The largest absolute Gasteiger partial charge is 0.448 e. The van der Waals surface area contributed by atoms with Crippen LogP contribution in [0.4, 0.5) is 0 Å². The van der Waals surface area contributed by atoms with Gasteiger partial charge in [-0.2, -0.15) is 0 Å². The lowest BCUT2D eigenvalue weighted by molar-refractivity contribution is 0.521. The van der Waals surface area contributed by atoms with Gasteiger partial charge in [-0.3, -0.25) is 0 Å². The van der Waals surface area contributed by atoms with Gasteiger partial charge >= 0.3 is 0 Å². The van der Waals surface area contributed by atoms with E-state index in [4.69, 9.17) is 4.42 Å². The number of hydrogen-bond acceptors (Lipinski definition) is 3. The number of aryl methyl sites for hydroxylation is 1. The molecule has 2 aliphatic carbocycles. The van der Waals surface area contributed by atoms with E-state index < -0.39 is 7.14 Å². The predicted octanol–water partition coefficient (Wildman–Crippen LogP) is 2.30. The first-order chi connectivity index (χ1) is 6.71. The summed E-state index contributed by atoms with van der Waals surface area (Å²) in [6.07, 6.45) is 6.12. The highest BCUT2D eigenvalue weighted by atomic mass is 31.2.